The van der Waals surface area contributed by atoms with Crippen LogP contribution in [0.3, 0.4) is 0 Å². The summed E-state index contributed by atoms with van der Waals surface area (Å²) in [5, 5.41) is 11.6. The molecule has 0 spiro atoms. The second-order valence-electron chi connectivity index (χ2n) is 5.71. The molecular formula is C21H15ClO3S. The Labute approximate surface area is 160 Å². The summed E-state index contributed by atoms with van der Waals surface area (Å²) in [6, 6.07) is 14.0. The van der Waals surface area contributed by atoms with E-state index in [1.807, 2.05) is 30.5 Å². The Morgan fingerprint density at radius 1 is 1.12 bits per heavy atom. The van der Waals surface area contributed by atoms with Gasteiger partial charge in [0.05, 0.1) is 10.6 Å². The number of carboxylic acids is 1. The lowest BCUT2D eigenvalue weighted by molar-refractivity contribution is 0.0696. The summed E-state index contributed by atoms with van der Waals surface area (Å²) in [5.41, 5.74) is 3.05. The third-order valence-corrected chi connectivity index (χ3v) is 5.19. The van der Waals surface area contributed by atoms with Crippen LogP contribution >= 0.6 is 22.9 Å². The van der Waals surface area contributed by atoms with Crippen LogP contribution in [0.2, 0.25) is 5.02 Å². The van der Waals surface area contributed by atoms with E-state index in [9.17, 15) is 14.7 Å². The third kappa shape index (κ3) is 3.77. The van der Waals surface area contributed by atoms with Crippen molar-refractivity contribution in [2.24, 2.45) is 0 Å². The van der Waals surface area contributed by atoms with Crippen molar-refractivity contribution < 1.29 is 14.7 Å². The van der Waals surface area contributed by atoms with E-state index in [1.165, 1.54) is 23.5 Å². The minimum absolute atomic E-state index is 0.187. The summed E-state index contributed by atoms with van der Waals surface area (Å²) in [6.45, 7) is 1.84. The zero-order valence-corrected chi connectivity index (χ0v) is 15.5. The van der Waals surface area contributed by atoms with E-state index < -0.39 is 5.97 Å². The maximum atomic E-state index is 12.6. The molecule has 1 N–H and O–H groups in total. The van der Waals surface area contributed by atoms with E-state index >= 15 is 0 Å². The molecular weight excluding hydrogens is 368 g/mol. The van der Waals surface area contributed by atoms with Crippen LogP contribution in [0, 0.1) is 6.92 Å². The van der Waals surface area contributed by atoms with Crippen molar-refractivity contribution in [3.63, 3.8) is 0 Å². The van der Waals surface area contributed by atoms with E-state index in [4.69, 9.17) is 11.6 Å². The minimum atomic E-state index is -0.985. The number of hydrogen-bond acceptors (Lipinski definition) is 3. The molecule has 3 nitrogen and oxygen atoms in total. The Bertz CT molecular complexity index is 984. The molecule has 0 saturated carbocycles. The fourth-order valence-electron chi connectivity index (χ4n) is 2.67. The molecule has 0 aliphatic heterocycles. The molecule has 26 heavy (non-hydrogen) atoms. The number of rotatable bonds is 5. The summed E-state index contributed by atoms with van der Waals surface area (Å²) in [6.07, 6.45) is 3.17. The highest BCUT2D eigenvalue weighted by molar-refractivity contribution is 7.13. The summed E-state index contributed by atoms with van der Waals surface area (Å²) in [7, 11) is 0. The topological polar surface area (TPSA) is 54.4 Å². The minimum Gasteiger partial charge on any atom is -0.478 e. The summed E-state index contributed by atoms with van der Waals surface area (Å²) in [4.78, 5) is 24.8. The van der Waals surface area contributed by atoms with Crippen LogP contribution in [-0.2, 0) is 0 Å². The number of benzene rings is 2. The Kier molecular flexibility index (Phi) is 5.35. The first-order valence-corrected chi connectivity index (χ1v) is 9.12. The van der Waals surface area contributed by atoms with Crippen LogP contribution in [0.15, 0.2) is 60.0 Å². The lowest BCUT2D eigenvalue weighted by Crippen LogP contribution is -1.99. The van der Waals surface area contributed by atoms with Crippen molar-refractivity contribution in [2.45, 2.75) is 6.92 Å². The molecule has 1 aromatic heterocycles. The molecule has 5 heteroatoms. The quantitative estimate of drug-likeness (QED) is 0.436. The van der Waals surface area contributed by atoms with Crippen molar-refractivity contribution in [3.05, 3.63) is 87.3 Å². The maximum Gasteiger partial charge on any atom is 0.335 e. The van der Waals surface area contributed by atoms with Crippen molar-refractivity contribution in [1.29, 1.82) is 0 Å². The van der Waals surface area contributed by atoms with Gasteiger partial charge in [0.1, 0.15) is 0 Å². The second kappa shape index (κ2) is 7.68. The number of carboxylic acid groups (broad SMARTS) is 1. The Hall–Kier alpha value is -2.69. The highest BCUT2D eigenvalue weighted by Crippen LogP contribution is 2.30. The molecule has 0 aliphatic rings. The number of aromatic carboxylic acids is 1. The number of aryl methyl sites for hydroxylation is 1. The van der Waals surface area contributed by atoms with Crippen molar-refractivity contribution in [1.82, 2.24) is 0 Å². The number of halogens is 1. The SMILES string of the molecule is Cc1cccc(Cl)c1C(=O)C=Cc1ccc(C(=O)O)cc1-c1cccs1. The Morgan fingerprint density at radius 2 is 1.92 bits per heavy atom. The van der Waals surface area contributed by atoms with E-state index in [2.05, 4.69) is 0 Å². The van der Waals surface area contributed by atoms with Crippen LogP contribution in [0.4, 0.5) is 0 Å². The van der Waals surface area contributed by atoms with Gasteiger partial charge in [-0.15, -0.1) is 11.3 Å². The average molecular weight is 383 g/mol. The lowest BCUT2D eigenvalue weighted by Gasteiger charge is -2.07. The van der Waals surface area contributed by atoms with Crippen LogP contribution < -0.4 is 0 Å². The van der Waals surface area contributed by atoms with Crippen LogP contribution in [-0.4, -0.2) is 16.9 Å². The monoisotopic (exact) mass is 382 g/mol. The number of carbonyl (C=O) groups excluding carboxylic acids is 1. The van der Waals surface area contributed by atoms with E-state index in [0.717, 1.165) is 21.6 Å². The van der Waals surface area contributed by atoms with Crippen LogP contribution in [0.5, 0.6) is 0 Å². The molecule has 2 aromatic carbocycles. The van der Waals surface area contributed by atoms with E-state index in [0.29, 0.717) is 10.6 Å². The molecule has 0 amide bonds. The predicted octanol–water partition coefficient (Wildman–Crippen LogP) is 5.97. The number of hydrogen-bond donors (Lipinski definition) is 1. The third-order valence-electron chi connectivity index (χ3n) is 3.97. The molecule has 0 aliphatic carbocycles. The molecule has 0 fully saturated rings. The second-order valence-corrected chi connectivity index (χ2v) is 7.07. The van der Waals surface area contributed by atoms with Gasteiger partial charge in [0.2, 0.25) is 0 Å². The summed E-state index contributed by atoms with van der Waals surface area (Å²) < 4.78 is 0. The van der Waals surface area contributed by atoms with E-state index in [1.54, 1.807) is 30.3 Å². The first-order chi connectivity index (χ1) is 12.5. The largest absolute Gasteiger partial charge is 0.478 e. The molecule has 3 rings (SSSR count). The fraction of sp³-hybridized carbons (Fsp3) is 0.0476. The van der Waals surface area contributed by atoms with Crippen molar-refractivity contribution in [2.75, 3.05) is 0 Å². The molecule has 0 saturated heterocycles. The van der Waals surface area contributed by atoms with Gasteiger partial charge in [-0.1, -0.05) is 41.9 Å². The van der Waals surface area contributed by atoms with Crippen LogP contribution in [0.1, 0.15) is 31.8 Å². The molecule has 3 aromatic rings. The lowest BCUT2D eigenvalue weighted by atomic mass is 10.00. The highest BCUT2D eigenvalue weighted by Gasteiger charge is 2.12. The first kappa shape index (κ1) is 18.1. The van der Waals surface area contributed by atoms with Crippen molar-refractivity contribution >= 4 is 40.8 Å². The average Bonchev–Trinajstić information content (AvgIpc) is 3.14. The number of carbonyl (C=O) groups is 2. The maximum absolute atomic E-state index is 12.6. The Morgan fingerprint density at radius 3 is 2.58 bits per heavy atom. The molecule has 0 radical (unpaired) electrons. The number of allylic oxidation sites excluding steroid dienone is 1. The Balaban J connectivity index is 2.00. The molecule has 0 unspecified atom stereocenters. The van der Waals surface area contributed by atoms with Gasteiger partial charge in [-0.05, 0) is 59.3 Å². The zero-order valence-electron chi connectivity index (χ0n) is 13.9. The summed E-state index contributed by atoms with van der Waals surface area (Å²) in [5.74, 6) is -1.17. The van der Waals surface area contributed by atoms with Crippen molar-refractivity contribution in [3.8, 4) is 10.4 Å². The van der Waals surface area contributed by atoms with Gasteiger partial charge < -0.3 is 5.11 Å². The van der Waals surface area contributed by atoms with Gasteiger partial charge in [-0.3, -0.25) is 4.79 Å². The fourth-order valence-corrected chi connectivity index (χ4v) is 3.75. The predicted molar refractivity (Wildman–Crippen MR) is 106 cm³/mol. The molecule has 1 heterocycles. The van der Waals surface area contributed by atoms with Gasteiger partial charge >= 0.3 is 5.97 Å². The zero-order chi connectivity index (χ0) is 18.7. The smallest absolute Gasteiger partial charge is 0.335 e. The molecule has 0 atom stereocenters. The molecule has 130 valence electrons. The first-order valence-electron chi connectivity index (χ1n) is 7.86. The van der Waals surface area contributed by atoms with Crippen LogP contribution in [0.25, 0.3) is 16.5 Å². The number of ketones is 1. The van der Waals surface area contributed by atoms with Gasteiger partial charge in [-0.25, -0.2) is 4.79 Å². The number of thiophene rings is 1. The summed E-state index contributed by atoms with van der Waals surface area (Å²) >= 11 is 7.67. The molecule has 0 bridgehead atoms. The van der Waals surface area contributed by atoms with Gasteiger partial charge in [-0.2, -0.15) is 0 Å². The van der Waals surface area contributed by atoms with E-state index in [-0.39, 0.29) is 11.3 Å². The van der Waals surface area contributed by atoms with Gasteiger partial charge in [0.15, 0.2) is 5.78 Å². The van der Waals surface area contributed by atoms with Gasteiger partial charge in [0.25, 0.3) is 0 Å². The van der Waals surface area contributed by atoms with Gasteiger partial charge in [0, 0.05) is 10.4 Å². The normalized spacial score (nSPS) is 11.0. The highest BCUT2D eigenvalue weighted by atomic mass is 35.5. The standard InChI is InChI=1S/C21H15ClO3S/c1-13-4-2-5-17(22)20(13)18(23)10-9-14-7-8-15(21(24)25)12-16(14)19-6-3-11-26-19/h2-12H,1H3,(H,24,25).